The van der Waals surface area contributed by atoms with Gasteiger partial charge in [0.25, 0.3) is 5.91 Å². The summed E-state index contributed by atoms with van der Waals surface area (Å²) in [5.74, 6) is -0.562. The molecule has 0 aliphatic heterocycles. The Kier molecular flexibility index (Phi) is 6.80. The van der Waals surface area contributed by atoms with Crippen LogP contribution < -0.4 is 9.73 Å². The monoisotopic (exact) mass is 457 g/mol. The molecule has 0 saturated heterocycles. The van der Waals surface area contributed by atoms with E-state index < -0.39 is 22.5 Å². The van der Waals surface area contributed by atoms with Gasteiger partial charge < -0.3 is 0 Å². The first kappa shape index (κ1) is 20.4. The molecule has 2 aromatic carbocycles. The van der Waals surface area contributed by atoms with Crippen molar-refractivity contribution in [1.82, 2.24) is 5.43 Å². The summed E-state index contributed by atoms with van der Waals surface area (Å²) in [6.45, 7) is 1.33. The van der Waals surface area contributed by atoms with Gasteiger partial charge in [0.05, 0.1) is 18.2 Å². The fourth-order valence-electron chi connectivity index (χ4n) is 2.20. The van der Waals surface area contributed by atoms with Crippen LogP contribution in [0.5, 0.6) is 0 Å². The van der Waals surface area contributed by atoms with E-state index in [0.717, 1.165) is 20.6 Å². The second-order valence-electron chi connectivity index (χ2n) is 5.52. The molecule has 26 heavy (non-hydrogen) atoms. The molecule has 138 valence electrons. The van der Waals surface area contributed by atoms with E-state index in [2.05, 4.69) is 26.5 Å². The van der Waals surface area contributed by atoms with Crippen LogP contribution in [0.4, 0.5) is 5.69 Å². The average Bonchev–Trinajstić information content (AvgIpc) is 2.54. The van der Waals surface area contributed by atoms with Crippen LogP contribution in [0.3, 0.4) is 0 Å². The van der Waals surface area contributed by atoms with Gasteiger partial charge in [-0.1, -0.05) is 45.7 Å². The normalized spacial score (nSPS) is 11.5. The number of sulfonamides is 1. The molecule has 0 heterocycles. The zero-order valence-electron chi connectivity index (χ0n) is 14.1. The number of hydrogen-bond acceptors (Lipinski definition) is 4. The van der Waals surface area contributed by atoms with Gasteiger partial charge in [0.1, 0.15) is 6.54 Å². The highest BCUT2D eigenvalue weighted by atomic mass is 79.9. The first-order chi connectivity index (χ1) is 12.2. The number of halogens is 2. The van der Waals surface area contributed by atoms with E-state index >= 15 is 0 Å². The molecular weight excluding hydrogens is 442 g/mol. The molecule has 0 atom stereocenters. The van der Waals surface area contributed by atoms with Crippen molar-refractivity contribution in [2.45, 2.75) is 6.92 Å². The number of carbonyl (C=O) groups is 1. The van der Waals surface area contributed by atoms with Gasteiger partial charge in [-0.3, -0.25) is 9.10 Å². The van der Waals surface area contributed by atoms with Crippen molar-refractivity contribution in [2.24, 2.45) is 5.10 Å². The summed E-state index contributed by atoms with van der Waals surface area (Å²) >= 11 is 9.28. The van der Waals surface area contributed by atoms with E-state index in [1.165, 1.54) is 6.21 Å². The van der Waals surface area contributed by atoms with E-state index in [0.29, 0.717) is 16.3 Å². The molecule has 2 aromatic rings. The number of anilines is 1. The van der Waals surface area contributed by atoms with E-state index in [1.807, 2.05) is 24.3 Å². The minimum Gasteiger partial charge on any atom is -0.271 e. The van der Waals surface area contributed by atoms with Gasteiger partial charge >= 0.3 is 0 Å². The SMILES string of the molecule is Cc1cc(Cl)ccc1N(CC(=O)N/N=C\c1ccccc1Br)S(C)(=O)=O. The summed E-state index contributed by atoms with van der Waals surface area (Å²) in [6, 6.07) is 12.1. The van der Waals surface area contributed by atoms with Crippen LogP contribution in [0.2, 0.25) is 5.02 Å². The van der Waals surface area contributed by atoms with Gasteiger partial charge in [-0.05, 0) is 36.8 Å². The molecule has 0 radical (unpaired) electrons. The van der Waals surface area contributed by atoms with Crippen LogP contribution in [0, 0.1) is 6.92 Å². The fraction of sp³-hybridized carbons (Fsp3) is 0.176. The van der Waals surface area contributed by atoms with Crippen molar-refractivity contribution in [1.29, 1.82) is 0 Å². The Hall–Kier alpha value is -1.90. The summed E-state index contributed by atoms with van der Waals surface area (Å²) in [4.78, 5) is 12.2. The molecule has 6 nitrogen and oxygen atoms in total. The zero-order valence-corrected chi connectivity index (χ0v) is 17.3. The van der Waals surface area contributed by atoms with Crippen molar-refractivity contribution < 1.29 is 13.2 Å². The first-order valence-electron chi connectivity index (χ1n) is 7.49. The Morgan fingerprint density at radius 3 is 2.62 bits per heavy atom. The third kappa shape index (κ3) is 5.55. The highest BCUT2D eigenvalue weighted by Crippen LogP contribution is 2.25. The average molecular weight is 459 g/mol. The molecule has 2 rings (SSSR count). The Labute approximate surface area is 166 Å². The van der Waals surface area contributed by atoms with Crippen molar-refractivity contribution in [2.75, 3.05) is 17.1 Å². The lowest BCUT2D eigenvalue weighted by Gasteiger charge is -2.23. The van der Waals surface area contributed by atoms with Gasteiger partial charge in [-0.2, -0.15) is 5.10 Å². The second-order valence-corrected chi connectivity index (χ2v) is 8.71. The minimum atomic E-state index is -3.66. The molecule has 0 fully saturated rings. The summed E-state index contributed by atoms with van der Waals surface area (Å²) in [6.07, 6.45) is 2.51. The van der Waals surface area contributed by atoms with Gasteiger partial charge in [0.2, 0.25) is 10.0 Å². The van der Waals surface area contributed by atoms with E-state index in [1.54, 1.807) is 25.1 Å². The molecule has 0 aliphatic rings. The molecule has 0 aliphatic carbocycles. The lowest BCUT2D eigenvalue weighted by Crippen LogP contribution is -2.39. The van der Waals surface area contributed by atoms with Gasteiger partial charge in [0.15, 0.2) is 0 Å². The fourth-order valence-corrected chi connectivity index (χ4v) is 3.73. The number of benzene rings is 2. The minimum absolute atomic E-state index is 0.391. The molecular formula is C17H17BrClN3O3S. The second kappa shape index (κ2) is 8.66. The third-order valence-electron chi connectivity index (χ3n) is 3.41. The molecule has 0 bridgehead atoms. The maximum atomic E-state index is 12.2. The van der Waals surface area contributed by atoms with Crippen LogP contribution in [-0.4, -0.2) is 33.3 Å². The van der Waals surface area contributed by atoms with Crippen LogP contribution >= 0.6 is 27.5 Å². The largest absolute Gasteiger partial charge is 0.271 e. The van der Waals surface area contributed by atoms with Crippen LogP contribution in [-0.2, 0) is 14.8 Å². The lowest BCUT2D eigenvalue weighted by atomic mass is 10.2. The molecule has 1 amide bonds. The van der Waals surface area contributed by atoms with E-state index in [9.17, 15) is 13.2 Å². The number of hydrazone groups is 1. The number of aryl methyl sites for hydroxylation is 1. The van der Waals surface area contributed by atoms with Crippen LogP contribution in [0.15, 0.2) is 52.0 Å². The molecule has 0 saturated carbocycles. The van der Waals surface area contributed by atoms with Gasteiger partial charge in [-0.15, -0.1) is 0 Å². The molecule has 0 aromatic heterocycles. The first-order valence-corrected chi connectivity index (χ1v) is 10.5. The Morgan fingerprint density at radius 1 is 1.31 bits per heavy atom. The molecule has 1 N–H and O–H groups in total. The Morgan fingerprint density at radius 2 is 2.00 bits per heavy atom. The van der Waals surface area contributed by atoms with E-state index in [4.69, 9.17) is 11.6 Å². The topological polar surface area (TPSA) is 78.8 Å². The molecule has 0 unspecified atom stereocenters. The predicted octanol–water partition coefficient (Wildman–Crippen LogP) is 3.33. The van der Waals surface area contributed by atoms with Gasteiger partial charge in [-0.25, -0.2) is 13.8 Å². The number of nitrogens with one attached hydrogen (secondary N) is 1. The smallest absolute Gasteiger partial charge is 0.260 e. The highest BCUT2D eigenvalue weighted by Gasteiger charge is 2.22. The molecule has 9 heteroatoms. The zero-order chi connectivity index (χ0) is 19.3. The number of carbonyl (C=O) groups excluding carboxylic acids is 1. The lowest BCUT2D eigenvalue weighted by molar-refractivity contribution is -0.119. The third-order valence-corrected chi connectivity index (χ3v) is 5.50. The summed E-state index contributed by atoms with van der Waals surface area (Å²) < 4.78 is 26.1. The van der Waals surface area contributed by atoms with Crippen LogP contribution in [0.25, 0.3) is 0 Å². The van der Waals surface area contributed by atoms with Crippen LogP contribution in [0.1, 0.15) is 11.1 Å². The Bertz CT molecular complexity index is 948. The van der Waals surface area contributed by atoms with Crippen molar-refractivity contribution in [3.63, 3.8) is 0 Å². The van der Waals surface area contributed by atoms with Crippen molar-refractivity contribution in [3.8, 4) is 0 Å². The predicted molar refractivity (Wildman–Crippen MR) is 108 cm³/mol. The molecule has 0 spiro atoms. The number of hydrogen-bond donors (Lipinski definition) is 1. The number of amides is 1. The number of nitrogens with zero attached hydrogens (tertiary/aromatic N) is 2. The van der Waals surface area contributed by atoms with Gasteiger partial charge in [0, 0.05) is 15.1 Å². The summed E-state index contributed by atoms with van der Waals surface area (Å²) in [5, 5.41) is 4.36. The quantitative estimate of drug-likeness (QED) is 0.533. The standard InChI is InChI=1S/C17H17BrClN3O3S/c1-12-9-14(19)7-8-16(12)22(26(2,24)25)11-17(23)21-20-10-13-5-3-4-6-15(13)18/h3-10H,11H2,1-2H3,(H,21,23)/b20-10-. The number of rotatable bonds is 6. The summed E-state index contributed by atoms with van der Waals surface area (Å²) in [7, 11) is -3.66. The summed E-state index contributed by atoms with van der Waals surface area (Å²) in [5.41, 5.74) is 4.15. The maximum absolute atomic E-state index is 12.2. The van der Waals surface area contributed by atoms with E-state index in [-0.39, 0.29) is 0 Å². The van der Waals surface area contributed by atoms with Crippen molar-refractivity contribution >= 4 is 55.4 Å². The Balaban J connectivity index is 2.14. The van der Waals surface area contributed by atoms with Crippen molar-refractivity contribution in [3.05, 3.63) is 63.1 Å². The maximum Gasteiger partial charge on any atom is 0.260 e. The highest BCUT2D eigenvalue weighted by molar-refractivity contribution is 9.10.